The maximum Gasteiger partial charge on any atom is 0.241 e. The molecular formula is C18H28N2O2. The zero-order chi connectivity index (χ0) is 16.3. The first-order chi connectivity index (χ1) is 10.4. The van der Waals surface area contributed by atoms with E-state index in [1.54, 1.807) is 0 Å². The summed E-state index contributed by atoms with van der Waals surface area (Å²) >= 11 is 0. The van der Waals surface area contributed by atoms with Crippen molar-refractivity contribution >= 4 is 11.6 Å². The van der Waals surface area contributed by atoms with Gasteiger partial charge in [0.25, 0.3) is 0 Å². The number of hydrogen-bond acceptors (Lipinski definition) is 3. The van der Waals surface area contributed by atoms with Crippen LogP contribution in [0, 0.1) is 19.8 Å². The molecule has 0 bridgehead atoms. The minimum Gasteiger partial charge on any atom is -0.393 e. The summed E-state index contributed by atoms with van der Waals surface area (Å²) in [4.78, 5) is 14.7. The van der Waals surface area contributed by atoms with Gasteiger partial charge in [0.05, 0.1) is 12.1 Å². The van der Waals surface area contributed by atoms with Gasteiger partial charge in [-0.05, 0) is 64.6 Å². The van der Waals surface area contributed by atoms with Crippen LogP contribution in [0.3, 0.4) is 0 Å². The predicted molar refractivity (Wildman–Crippen MR) is 90.0 cm³/mol. The Kier molecular flexibility index (Phi) is 5.59. The summed E-state index contributed by atoms with van der Waals surface area (Å²) < 4.78 is 0. The Balaban J connectivity index is 1.99. The van der Waals surface area contributed by atoms with Crippen molar-refractivity contribution in [1.82, 2.24) is 4.90 Å². The van der Waals surface area contributed by atoms with Gasteiger partial charge in [-0.3, -0.25) is 9.69 Å². The molecule has 0 spiro atoms. The molecule has 1 fully saturated rings. The van der Waals surface area contributed by atoms with E-state index in [0.717, 1.165) is 37.2 Å². The van der Waals surface area contributed by atoms with Crippen LogP contribution in [0.15, 0.2) is 18.2 Å². The molecule has 122 valence electrons. The van der Waals surface area contributed by atoms with E-state index >= 15 is 0 Å². The molecule has 3 unspecified atom stereocenters. The number of carbonyl (C=O) groups excluding carboxylic acids is 1. The summed E-state index contributed by atoms with van der Waals surface area (Å²) in [5, 5.41) is 12.8. The number of piperidine rings is 1. The minimum atomic E-state index is -0.308. The van der Waals surface area contributed by atoms with E-state index in [9.17, 15) is 9.90 Å². The lowest BCUT2D eigenvalue weighted by Gasteiger charge is -2.37. The quantitative estimate of drug-likeness (QED) is 0.899. The molecule has 0 saturated carbocycles. The second-order valence-electron chi connectivity index (χ2n) is 6.62. The van der Waals surface area contributed by atoms with Crippen molar-refractivity contribution in [2.24, 2.45) is 5.92 Å². The largest absolute Gasteiger partial charge is 0.393 e. The topological polar surface area (TPSA) is 52.6 Å². The third kappa shape index (κ3) is 4.08. The van der Waals surface area contributed by atoms with Crippen molar-refractivity contribution in [3.05, 3.63) is 29.3 Å². The molecule has 3 atom stereocenters. The number of nitrogens with zero attached hydrogens (tertiary/aromatic N) is 1. The normalized spacial score (nSPS) is 22.1. The number of hydrogen-bond donors (Lipinski definition) is 2. The van der Waals surface area contributed by atoms with E-state index in [2.05, 4.69) is 16.3 Å². The number of aryl methyl sites for hydroxylation is 2. The van der Waals surface area contributed by atoms with Crippen LogP contribution >= 0.6 is 0 Å². The second kappa shape index (κ2) is 7.25. The Bertz CT molecular complexity index is 528. The fraction of sp³-hybridized carbons (Fsp3) is 0.611. The maximum atomic E-state index is 12.5. The van der Waals surface area contributed by atoms with Crippen LogP contribution in [0.2, 0.25) is 0 Å². The smallest absolute Gasteiger partial charge is 0.241 e. The second-order valence-corrected chi connectivity index (χ2v) is 6.62. The van der Waals surface area contributed by atoms with Gasteiger partial charge in [0.2, 0.25) is 5.91 Å². The Morgan fingerprint density at radius 2 is 2.09 bits per heavy atom. The van der Waals surface area contributed by atoms with Crippen LogP contribution in [0.1, 0.15) is 37.8 Å². The Hall–Kier alpha value is -1.39. The summed E-state index contributed by atoms with van der Waals surface area (Å²) in [6.45, 7) is 9.56. The molecule has 1 heterocycles. The van der Waals surface area contributed by atoms with Gasteiger partial charge >= 0.3 is 0 Å². The van der Waals surface area contributed by atoms with Gasteiger partial charge in [0.1, 0.15) is 0 Å². The molecule has 1 aliphatic rings. The number of nitrogens with one attached hydrogen (secondary N) is 1. The van der Waals surface area contributed by atoms with Crippen LogP contribution in [0.5, 0.6) is 0 Å². The number of amides is 1. The summed E-state index contributed by atoms with van der Waals surface area (Å²) in [6.07, 6.45) is 1.77. The highest BCUT2D eigenvalue weighted by atomic mass is 16.3. The Morgan fingerprint density at radius 1 is 1.36 bits per heavy atom. The molecule has 1 saturated heterocycles. The van der Waals surface area contributed by atoms with Gasteiger partial charge < -0.3 is 10.4 Å². The lowest BCUT2D eigenvalue weighted by atomic mass is 9.92. The number of anilines is 1. The van der Waals surface area contributed by atoms with Crippen molar-refractivity contribution < 1.29 is 9.90 Å². The molecule has 4 nitrogen and oxygen atoms in total. The van der Waals surface area contributed by atoms with Crippen molar-refractivity contribution in [2.45, 2.75) is 52.7 Å². The highest BCUT2D eigenvalue weighted by molar-refractivity contribution is 5.95. The molecule has 0 radical (unpaired) electrons. The molecule has 2 rings (SSSR count). The van der Waals surface area contributed by atoms with Gasteiger partial charge in [-0.15, -0.1) is 0 Å². The first-order valence-electron chi connectivity index (χ1n) is 8.18. The van der Waals surface area contributed by atoms with E-state index in [0.29, 0.717) is 0 Å². The van der Waals surface area contributed by atoms with Gasteiger partial charge in [-0.25, -0.2) is 0 Å². The number of likely N-dealkylation sites (tertiary alicyclic amines) is 1. The van der Waals surface area contributed by atoms with Crippen LogP contribution < -0.4 is 5.32 Å². The zero-order valence-electron chi connectivity index (χ0n) is 14.1. The summed E-state index contributed by atoms with van der Waals surface area (Å²) in [5.74, 6) is 0.295. The standard InChI is InChI=1S/C18H28N2O2/c1-12-7-8-17(13(2)10-12)19-18(22)14(3)20-9-5-6-16(11-20)15(4)21/h7-8,10,14-16,21H,5-6,9,11H2,1-4H3,(H,19,22). The van der Waals surface area contributed by atoms with Gasteiger partial charge in [-0.2, -0.15) is 0 Å². The van der Waals surface area contributed by atoms with Crippen molar-refractivity contribution in [3.63, 3.8) is 0 Å². The van der Waals surface area contributed by atoms with E-state index in [-0.39, 0.29) is 24.0 Å². The summed E-state index contributed by atoms with van der Waals surface area (Å²) in [6, 6.07) is 5.87. The first kappa shape index (κ1) is 17.0. The van der Waals surface area contributed by atoms with Gasteiger partial charge in [0.15, 0.2) is 0 Å². The molecule has 1 aromatic rings. The molecule has 2 N–H and O–H groups in total. The highest BCUT2D eigenvalue weighted by Gasteiger charge is 2.29. The number of rotatable bonds is 4. The average Bonchev–Trinajstić information content (AvgIpc) is 2.49. The molecule has 1 aromatic carbocycles. The third-order valence-corrected chi connectivity index (χ3v) is 4.74. The predicted octanol–water partition coefficient (Wildman–Crippen LogP) is 2.72. The van der Waals surface area contributed by atoms with E-state index in [1.807, 2.05) is 39.8 Å². The van der Waals surface area contributed by atoms with Gasteiger partial charge in [0, 0.05) is 12.2 Å². The van der Waals surface area contributed by atoms with Crippen LogP contribution in [0.4, 0.5) is 5.69 Å². The minimum absolute atomic E-state index is 0.0261. The van der Waals surface area contributed by atoms with Gasteiger partial charge in [-0.1, -0.05) is 17.7 Å². The van der Waals surface area contributed by atoms with Crippen molar-refractivity contribution in [3.8, 4) is 0 Å². The van der Waals surface area contributed by atoms with Crippen LogP contribution in [-0.2, 0) is 4.79 Å². The zero-order valence-corrected chi connectivity index (χ0v) is 14.1. The summed E-state index contributed by atoms with van der Waals surface area (Å²) in [5.41, 5.74) is 3.16. The number of aliphatic hydroxyl groups excluding tert-OH is 1. The SMILES string of the molecule is Cc1ccc(NC(=O)C(C)N2CCCC(C(C)O)C2)c(C)c1. The average molecular weight is 304 g/mol. The van der Waals surface area contributed by atoms with Crippen LogP contribution in [0.25, 0.3) is 0 Å². The molecule has 1 aliphatic heterocycles. The lowest BCUT2D eigenvalue weighted by molar-refractivity contribution is -0.121. The molecule has 1 amide bonds. The molecule has 4 heteroatoms. The monoisotopic (exact) mass is 304 g/mol. The van der Waals surface area contributed by atoms with E-state index in [1.165, 1.54) is 5.56 Å². The Labute approximate surface area is 133 Å². The molecular weight excluding hydrogens is 276 g/mol. The maximum absolute atomic E-state index is 12.5. The number of aliphatic hydroxyl groups is 1. The first-order valence-corrected chi connectivity index (χ1v) is 8.18. The van der Waals surface area contributed by atoms with Crippen molar-refractivity contribution in [1.29, 1.82) is 0 Å². The number of benzene rings is 1. The molecule has 0 aromatic heterocycles. The molecule has 0 aliphatic carbocycles. The van der Waals surface area contributed by atoms with Crippen molar-refractivity contribution in [2.75, 3.05) is 18.4 Å². The third-order valence-electron chi connectivity index (χ3n) is 4.74. The lowest BCUT2D eigenvalue weighted by Crippen LogP contribution is -2.48. The fourth-order valence-electron chi connectivity index (χ4n) is 3.14. The van der Waals surface area contributed by atoms with E-state index in [4.69, 9.17) is 0 Å². The van der Waals surface area contributed by atoms with Crippen LogP contribution in [-0.4, -0.2) is 41.1 Å². The summed E-state index contributed by atoms with van der Waals surface area (Å²) in [7, 11) is 0. The highest BCUT2D eigenvalue weighted by Crippen LogP contribution is 2.22. The fourth-order valence-corrected chi connectivity index (χ4v) is 3.14. The van der Waals surface area contributed by atoms with E-state index < -0.39 is 0 Å². The Morgan fingerprint density at radius 3 is 2.73 bits per heavy atom. The molecule has 22 heavy (non-hydrogen) atoms. The number of carbonyl (C=O) groups is 1.